The molecule has 0 spiro atoms. The lowest BCUT2D eigenvalue weighted by molar-refractivity contribution is 0.0941. The Hall–Kier alpha value is -3.59. The average Bonchev–Trinajstić information content (AvgIpc) is 3.36. The molecule has 4 rings (SSSR count). The lowest BCUT2D eigenvalue weighted by Crippen LogP contribution is -2.46. The van der Waals surface area contributed by atoms with Crippen LogP contribution in [0.15, 0.2) is 36.4 Å². The molecule has 1 aliphatic rings. The van der Waals surface area contributed by atoms with Crippen molar-refractivity contribution in [3.63, 3.8) is 0 Å². The number of aromatic nitrogens is 3. The van der Waals surface area contributed by atoms with Gasteiger partial charge in [0, 0.05) is 50.2 Å². The molecule has 1 aromatic heterocycles. The molecule has 37 heavy (non-hydrogen) atoms. The van der Waals surface area contributed by atoms with Gasteiger partial charge in [-0.25, -0.2) is 0 Å². The maximum absolute atomic E-state index is 13.0. The maximum atomic E-state index is 13.0. The second-order valence-electron chi connectivity index (χ2n) is 9.64. The molecule has 1 saturated heterocycles. The van der Waals surface area contributed by atoms with Crippen molar-refractivity contribution in [2.45, 2.75) is 40.0 Å². The second-order valence-corrected chi connectivity index (χ2v) is 9.64. The summed E-state index contributed by atoms with van der Waals surface area (Å²) < 4.78 is 7.21. The fourth-order valence-corrected chi connectivity index (χ4v) is 4.70. The molecular formula is C28H38N6O3. The zero-order valence-corrected chi connectivity index (χ0v) is 22.5. The minimum absolute atomic E-state index is 0.0147. The topological polar surface area (TPSA) is 95.8 Å². The number of benzene rings is 2. The molecule has 0 radical (unpaired) electrons. The summed E-state index contributed by atoms with van der Waals surface area (Å²) in [4.78, 5) is 17.9. The third kappa shape index (κ3) is 5.56. The molecule has 0 atom stereocenters. The largest absolute Gasteiger partial charge is 0.507 e. The molecule has 1 aliphatic heterocycles. The number of ether oxygens (including phenoxy) is 1. The number of amides is 1. The van der Waals surface area contributed by atoms with Crippen molar-refractivity contribution < 1.29 is 14.6 Å². The number of phenolic OH excluding ortho intramolecular Hbond substituents is 1. The van der Waals surface area contributed by atoms with Crippen molar-refractivity contribution in [2.24, 2.45) is 0 Å². The highest BCUT2D eigenvalue weighted by Crippen LogP contribution is 2.38. The van der Waals surface area contributed by atoms with Gasteiger partial charge in [-0.05, 0) is 54.8 Å². The summed E-state index contributed by atoms with van der Waals surface area (Å²) in [5, 5.41) is 22.5. The van der Waals surface area contributed by atoms with Crippen LogP contribution >= 0.6 is 0 Å². The molecule has 9 heteroatoms. The van der Waals surface area contributed by atoms with Gasteiger partial charge >= 0.3 is 0 Å². The fraction of sp³-hybridized carbons (Fsp3) is 0.464. The standard InChI is InChI=1S/C28H38N6O3/c1-6-12-29-28(36)27-31-30-26(23-17-22(19(3)4)25(37-5)18-24(23)35)34(27)21-10-8-20(9-11-21)33-15-13-32(7-2)14-16-33/h8-11,17-19,35H,6-7,12-16H2,1-5H3,(H,29,36). The van der Waals surface area contributed by atoms with E-state index in [4.69, 9.17) is 4.74 Å². The van der Waals surface area contributed by atoms with E-state index < -0.39 is 0 Å². The molecule has 0 unspecified atom stereocenters. The summed E-state index contributed by atoms with van der Waals surface area (Å²) in [6, 6.07) is 11.6. The number of nitrogens with zero attached hydrogens (tertiary/aromatic N) is 5. The highest BCUT2D eigenvalue weighted by atomic mass is 16.5. The lowest BCUT2D eigenvalue weighted by Gasteiger charge is -2.35. The van der Waals surface area contributed by atoms with E-state index in [1.54, 1.807) is 17.7 Å². The number of carbonyl (C=O) groups excluding carboxylic acids is 1. The minimum Gasteiger partial charge on any atom is -0.507 e. The SMILES string of the molecule is CCCNC(=O)c1nnc(-c2cc(C(C)C)c(OC)cc2O)n1-c1ccc(N2CCN(CC)CC2)cc1. The Kier molecular flexibility index (Phi) is 8.33. The first-order valence-corrected chi connectivity index (χ1v) is 13.1. The number of rotatable bonds is 9. The first-order chi connectivity index (χ1) is 17.9. The van der Waals surface area contributed by atoms with Gasteiger partial charge < -0.3 is 25.0 Å². The highest BCUT2D eigenvalue weighted by molar-refractivity contribution is 5.92. The predicted molar refractivity (Wildman–Crippen MR) is 146 cm³/mol. The number of aromatic hydroxyl groups is 1. The lowest BCUT2D eigenvalue weighted by atomic mass is 9.98. The summed E-state index contributed by atoms with van der Waals surface area (Å²) in [6.07, 6.45) is 0.809. The zero-order valence-electron chi connectivity index (χ0n) is 22.5. The van der Waals surface area contributed by atoms with Crippen molar-refractivity contribution in [2.75, 3.05) is 51.3 Å². The molecule has 0 aliphatic carbocycles. The Labute approximate surface area is 219 Å². The Morgan fingerprint density at radius 2 is 1.73 bits per heavy atom. The molecule has 1 fully saturated rings. The van der Waals surface area contributed by atoms with Crippen LogP contribution in [-0.4, -0.2) is 77.1 Å². The normalized spacial score (nSPS) is 14.3. The van der Waals surface area contributed by atoms with Crippen LogP contribution in [0.5, 0.6) is 11.5 Å². The van der Waals surface area contributed by atoms with E-state index in [0.29, 0.717) is 23.7 Å². The van der Waals surface area contributed by atoms with Gasteiger partial charge in [0.25, 0.3) is 5.91 Å². The van der Waals surface area contributed by atoms with Gasteiger partial charge in [0.2, 0.25) is 5.82 Å². The smallest absolute Gasteiger partial charge is 0.289 e. The molecule has 1 amide bonds. The summed E-state index contributed by atoms with van der Waals surface area (Å²) in [5.74, 6) is 1.04. The number of phenols is 1. The van der Waals surface area contributed by atoms with E-state index in [0.717, 1.165) is 56.1 Å². The van der Waals surface area contributed by atoms with Gasteiger partial charge in [-0.1, -0.05) is 27.7 Å². The Morgan fingerprint density at radius 1 is 1.05 bits per heavy atom. The van der Waals surface area contributed by atoms with E-state index >= 15 is 0 Å². The summed E-state index contributed by atoms with van der Waals surface area (Å²) in [6.45, 7) is 14.0. The maximum Gasteiger partial charge on any atom is 0.289 e. The van der Waals surface area contributed by atoms with Gasteiger partial charge in [-0.15, -0.1) is 10.2 Å². The van der Waals surface area contributed by atoms with Crippen molar-refractivity contribution in [3.8, 4) is 28.6 Å². The first kappa shape index (κ1) is 26.5. The zero-order chi connectivity index (χ0) is 26.5. The molecular weight excluding hydrogens is 468 g/mol. The second kappa shape index (κ2) is 11.6. The van der Waals surface area contributed by atoms with Crippen LogP contribution in [0.3, 0.4) is 0 Å². The summed E-state index contributed by atoms with van der Waals surface area (Å²) in [5.41, 5.74) is 3.31. The van der Waals surface area contributed by atoms with Crippen molar-refractivity contribution in [1.82, 2.24) is 25.0 Å². The third-order valence-corrected chi connectivity index (χ3v) is 6.91. The number of carbonyl (C=O) groups is 1. The van der Waals surface area contributed by atoms with E-state index in [1.807, 2.05) is 25.1 Å². The Bertz CT molecular complexity index is 1210. The number of methoxy groups -OCH3 is 1. The average molecular weight is 507 g/mol. The van der Waals surface area contributed by atoms with Crippen LogP contribution in [0.4, 0.5) is 5.69 Å². The summed E-state index contributed by atoms with van der Waals surface area (Å²) >= 11 is 0. The van der Waals surface area contributed by atoms with E-state index in [2.05, 4.69) is 58.2 Å². The monoisotopic (exact) mass is 506 g/mol. The number of likely N-dealkylation sites (N-methyl/N-ethyl adjacent to an activating group) is 1. The van der Waals surface area contributed by atoms with E-state index in [1.165, 1.54) is 0 Å². The quantitative estimate of drug-likeness (QED) is 0.452. The van der Waals surface area contributed by atoms with Crippen molar-refractivity contribution in [1.29, 1.82) is 0 Å². The molecule has 0 bridgehead atoms. The molecule has 9 nitrogen and oxygen atoms in total. The minimum atomic E-state index is -0.308. The van der Waals surface area contributed by atoms with Gasteiger partial charge in [0.15, 0.2) is 5.82 Å². The molecule has 2 heterocycles. The molecule has 198 valence electrons. The molecule has 2 N–H and O–H groups in total. The Balaban J connectivity index is 1.77. The number of hydrogen-bond acceptors (Lipinski definition) is 7. The van der Waals surface area contributed by atoms with Crippen molar-refractivity contribution in [3.05, 3.63) is 47.8 Å². The van der Waals surface area contributed by atoms with Crippen LogP contribution in [0, 0.1) is 0 Å². The number of piperazine rings is 1. The van der Waals surface area contributed by atoms with Gasteiger partial charge in [0.05, 0.1) is 12.7 Å². The van der Waals surface area contributed by atoms with Crippen LogP contribution in [0.2, 0.25) is 0 Å². The van der Waals surface area contributed by atoms with Crippen molar-refractivity contribution >= 4 is 11.6 Å². The van der Waals surface area contributed by atoms with Crippen LogP contribution in [-0.2, 0) is 0 Å². The molecule has 2 aromatic carbocycles. The highest BCUT2D eigenvalue weighted by Gasteiger charge is 2.25. The van der Waals surface area contributed by atoms with E-state index in [9.17, 15) is 9.90 Å². The van der Waals surface area contributed by atoms with Crippen LogP contribution < -0.4 is 15.0 Å². The van der Waals surface area contributed by atoms with Gasteiger partial charge in [-0.2, -0.15) is 0 Å². The number of hydrogen-bond donors (Lipinski definition) is 2. The third-order valence-electron chi connectivity index (χ3n) is 6.91. The summed E-state index contributed by atoms with van der Waals surface area (Å²) in [7, 11) is 1.59. The predicted octanol–water partition coefficient (Wildman–Crippen LogP) is 4.05. The van der Waals surface area contributed by atoms with Crippen LogP contribution in [0.25, 0.3) is 17.1 Å². The first-order valence-electron chi connectivity index (χ1n) is 13.1. The Morgan fingerprint density at radius 3 is 2.32 bits per heavy atom. The van der Waals surface area contributed by atoms with Crippen LogP contribution in [0.1, 0.15) is 56.2 Å². The molecule has 3 aromatic rings. The number of anilines is 1. The number of nitrogens with one attached hydrogen (secondary N) is 1. The molecule has 0 saturated carbocycles. The van der Waals surface area contributed by atoms with E-state index in [-0.39, 0.29) is 23.4 Å². The van der Waals surface area contributed by atoms with Gasteiger partial charge in [0.1, 0.15) is 11.5 Å². The fourth-order valence-electron chi connectivity index (χ4n) is 4.70. The van der Waals surface area contributed by atoms with Gasteiger partial charge in [-0.3, -0.25) is 9.36 Å².